The SMILES string of the molecule is CCn1cc(OCc2ccc(C(=O)OC)cc2Br)cn1. The number of benzene rings is 1. The van der Waals surface area contributed by atoms with Crippen LogP contribution >= 0.6 is 15.9 Å². The molecule has 106 valence electrons. The standard InChI is InChI=1S/C14H15BrN2O3/c1-3-17-8-12(7-16-17)20-9-11-5-4-10(6-13(11)15)14(18)19-2/h4-8H,3,9H2,1-2H3. The first kappa shape index (κ1) is 14.6. The molecule has 0 aliphatic heterocycles. The molecule has 0 aliphatic carbocycles. The first-order valence-corrected chi connectivity index (χ1v) is 6.95. The maximum absolute atomic E-state index is 11.4. The lowest BCUT2D eigenvalue weighted by Crippen LogP contribution is -2.03. The van der Waals surface area contributed by atoms with Gasteiger partial charge in [0.1, 0.15) is 6.61 Å². The van der Waals surface area contributed by atoms with E-state index in [4.69, 9.17) is 4.74 Å². The Morgan fingerprint density at radius 3 is 2.85 bits per heavy atom. The van der Waals surface area contributed by atoms with Gasteiger partial charge in [0, 0.05) is 16.6 Å². The van der Waals surface area contributed by atoms with Gasteiger partial charge in [-0.1, -0.05) is 22.0 Å². The lowest BCUT2D eigenvalue weighted by Gasteiger charge is -2.07. The number of aryl methyl sites for hydroxylation is 1. The van der Waals surface area contributed by atoms with Gasteiger partial charge in [0.05, 0.1) is 25.1 Å². The first-order valence-electron chi connectivity index (χ1n) is 6.16. The van der Waals surface area contributed by atoms with Crippen molar-refractivity contribution < 1.29 is 14.3 Å². The number of hydrogen-bond donors (Lipinski definition) is 0. The Morgan fingerprint density at radius 1 is 1.45 bits per heavy atom. The second-order valence-electron chi connectivity index (χ2n) is 4.12. The average Bonchev–Trinajstić information content (AvgIpc) is 2.93. The molecule has 0 spiro atoms. The fourth-order valence-corrected chi connectivity index (χ4v) is 2.16. The van der Waals surface area contributed by atoms with Gasteiger partial charge >= 0.3 is 5.97 Å². The van der Waals surface area contributed by atoms with Crippen LogP contribution in [-0.2, 0) is 17.9 Å². The molecule has 0 unspecified atom stereocenters. The first-order chi connectivity index (χ1) is 9.63. The second-order valence-corrected chi connectivity index (χ2v) is 4.97. The molecule has 6 heteroatoms. The molecule has 0 amide bonds. The molecule has 20 heavy (non-hydrogen) atoms. The van der Waals surface area contributed by atoms with Gasteiger partial charge in [-0.3, -0.25) is 4.68 Å². The van der Waals surface area contributed by atoms with Gasteiger partial charge in [-0.2, -0.15) is 5.10 Å². The Morgan fingerprint density at radius 2 is 2.25 bits per heavy atom. The second kappa shape index (κ2) is 6.56. The number of aromatic nitrogens is 2. The molecule has 1 aromatic carbocycles. The van der Waals surface area contributed by atoms with E-state index < -0.39 is 0 Å². The van der Waals surface area contributed by atoms with E-state index in [0.717, 1.165) is 22.3 Å². The highest BCUT2D eigenvalue weighted by Crippen LogP contribution is 2.21. The van der Waals surface area contributed by atoms with Crippen LogP contribution in [-0.4, -0.2) is 22.9 Å². The molecule has 0 saturated carbocycles. The van der Waals surface area contributed by atoms with Crippen LogP contribution in [0.4, 0.5) is 0 Å². The van der Waals surface area contributed by atoms with E-state index in [9.17, 15) is 4.79 Å². The summed E-state index contributed by atoms with van der Waals surface area (Å²) in [6, 6.07) is 5.27. The number of methoxy groups -OCH3 is 1. The van der Waals surface area contributed by atoms with E-state index in [1.54, 1.807) is 23.0 Å². The quantitative estimate of drug-likeness (QED) is 0.786. The summed E-state index contributed by atoms with van der Waals surface area (Å²) in [5, 5.41) is 4.14. The summed E-state index contributed by atoms with van der Waals surface area (Å²) in [4.78, 5) is 11.4. The highest BCUT2D eigenvalue weighted by Gasteiger charge is 2.09. The molecule has 0 N–H and O–H groups in total. The van der Waals surface area contributed by atoms with Gasteiger partial charge in [-0.15, -0.1) is 0 Å². The fourth-order valence-electron chi connectivity index (χ4n) is 1.66. The molecule has 0 atom stereocenters. The zero-order chi connectivity index (χ0) is 14.5. The zero-order valence-electron chi connectivity index (χ0n) is 11.3. The lowest BCUT2D eigenvalue weighted by atomic mass is 10.1. The Bertz CT molecular complexity index is 610. The molecule has 0 aliphatic rings. The Labute approximate surface area is 125 Å². The minimum absolute atomic E-state index is 0.359. The van der Waals surface area contributed by atoms with E-state index in [2.05, 4.69) is 25.8 Å². The summed E-state index contributed by atoms with van der Waals surface area (Å²) in [5.41, 5.74) is 1.45. The topological polar surface area (TPSA) is 53.4 Å². The van der Waals surface area contributed by atoms with Crippen molar-refractivity contribution in [1.82, 2.24) is 9.78 Å². The number of carbonyl (C=O) groups excluding carboxylic acids is 1. The largest absolute Gasteiger partial charge is 0.486 e. The number of halogens is 1. The number of nitrogens with zero attached hydrogens (tertiary/aromatic N) is 2. The van der Waals surface area contributed by atoms with Gasteiger partial charge in [0.25, 0.3) is 0 Å². The predicted molar refractivity (Wildman–Crippen MR) is 77.7 cm³/mol. The van der Waals surface area contributed by atoms with Gasteiger partial charge in [0.2, 0.25) is 0 Å². The summed E-state index contributed by atoms with van der Waals surface area (Å²) in [6.07, 6.45) is 3.52. The molecule has 0 saturated heterocycles. The number of rotatable bonds is 5. The molecule has 1 aromatic heterocycles. The van der Waals surface area contributed by atoms with E-state index >= 15 is 0 Å². The van der Waals surface area contributed by atoms with Crippen LogP contribution < -0.4 is 4.74 Å². The Balaban J connectivity index is 2.04. The third-order valence-corrected chi connectivity index (χ3v) is 3.54. The van der Waals surface area contributed by atoms with Gasteiger partial charge in [-0.25, -0.2) is 4.79 Å². The lowest BCUT2D eigenvalue weighted by molar-refractivity contribution is 0.0600. The third kappa shape index (κ3) is 3.39. The minimum atomic E-state index is -0.359. The predicted octanol–water partition coefficient (Wildman–Crippen LogP) is 3.03. The van der Waals surface area contributed by atoms with Crippen molar-refractivity contribution in [2.24, 2.45) is 0 Å². The molecule has 0 bridgehead atoms. The van der Waals surface area contributed by atoms with Gasteiger partial charge < -0.3 is 9.47 Å². The monoisotopic (exact) mass is 338 g/mol. The highest BCUT2D eigenvalue weighted by atomic mass is 79.9. The van der Waals surface area contributed by atoms with Crippen molar-refractivity contribution in [1.29, 1.82) is 0 Å². The summed E-state index contributed by atoms with van der Waals surface area (Å²) in [5.74, 6) is 0.359. The summed E-state index contributed by atoms with van der Waals surface area (Å²) < 4.78 is 12.9. The van der Waals surface area contributed by atoms with E-state index in [0.29, 0.717) is 12.2 Å². The highest BCUT2D eigenvalue weighted by molar-refractivity contribution is 9.10. The molecular weight excluding hydrogens is 324 g/mol. The fraction of sp³-hybridized carbons (Fsp3) is 0.286. The molecule has 5 nitrogen and oxygen atoms in total. The summed E-state index contributed by atoms with van der Waals surface area (Å²) in [6.45, 7) is 3.22. The molecule has 2 aromatic rings. The molecule has 1 heterocycles. The van der Waals surface area contributed by atoms with E-state index in [1.807, 2.05) is 19.2 Å². The van der Waals surface area contributed by atoms with Crippen LogP contribution in [0.3, 0.4) is 0 Å². The third-order valence-electron chi connectivity index (χ3n) is 2.80. The minimum Gasteiger partial charge on any atom is -0.486 e. The van der Waals surface area contributed by atoms with Crippen LogP contribution in [0.1, 0.15) is 22.8 Å². The Hall–Kier alpha value is -1.82. The van der Waals surface area contributed by atoms with Gasteiger partial charge in [-0.05, 0) is 19.1 Å². The summed E-state index contributed by atoms with van der Waals surface area (Å²) >= 11 is 3.43. The molecule has 0 fully saturated rings. The van der Waals surface area contributed by atoms with E-state index in [1.165, 1.54) is 7.11 Å². The zero-order valence-corrected chi connectivity index (χ0v) is 12.9. The smallest absolute Gasteiger partial charge is 0.337 e. The number of carbonyl (C=O) groups is 1. The van der Waals surface area contributed by atoms with Crippen LogP contribution in [0.5, 0.6) is 5.75 Å². The van der Waals surface area contributed by atoms with Crippen LogP contribution in [0.15, 0.2) is 35.1 Å². The van der Waals surface area contributed by atoms with Crippen molar-refractivity contribution in [3.05, 3.63) is 46.2 Å². The van der Waals surface area contributed by atoms with Crippen molar-refractivity contribution >= 4 is 21.9 Å². The van der Waals surface area contributed by atoms with Crippen molar-refractivity contribution in [3.63, 3.8) is 0 Å². The van der Waals surface area contributed by atoms with Crippen molar-refractivity contribution in [2.45, 2.75) is 20.1 Å². The molecule has 2 rings (SSSR count). The molecular formula is C14H15BrN2O3. The number of esters is 1. The van der Waals surface area contributed by atoms with Crippen molar-refractivity contribution in [2.75, 3.05) is 7.11 Å². The van der Waals surface area contributed by atoms with Crippen LogP contribution in [0.25, 0.3) is 0 Å². The average molecular weight is 339 g/mol. The summed E-state index contributed by atoms with van der Waals surface area (Å²) in [7, 11) is 1.36. The van der Waals surface area contributed by atoms with Crippen molar-refractivity contribution in [3.8, 4) is 5.75 Å². The number of hydrogen-bond acceptors (Lipinski definition) is 4. The normalized spacial score (nSPS) is 10.3. The van der Waals surface area contributed by atoms with E-state index in [-0.39, 0.29) is 5.97 Å². The number of ether oxygens (including phenoxy) is 2. The maximum atomic E-state index is 11.4. The van der Waals surface area contributed by atoms with Crippen LogP contribution in [0.2, 0.25) is 0 Å². The van der Waals surface area contributed by atoms with Crippen LogP contribution in [0, 0.1) is 0 Å². The van der Waals surface area contributed by atoms with Gasteiger partial charge in [0.15, 0.2) is 5.75 Å². The maximum Gasteiger partial charge on any atom is 0.337 e. The molecule has 0 radical (unpaired) electrons. The Kier molecular flexibility index (Phi) is 4.79.